The summed E-state index contributed by atoms with van der Waals surface area (Å²) in [5.74, 6) is 0.110. The quantitative estimate of drug-likeness (QED) is 0.239. The lowest BCUT2D eigenvalue weighted by Gasteiger charge is -2.21. The molecule has 0 unspecified atom stereocenters. The van der Waals surface area contributed by atoms with Crippen molar-refractivity contribution in [3.8, 4) is 11.1 Å². The van der Waals surface area contributed by atoms with Gasteiger partial charge in [0.15, 0.2) is 5.65 Å². The van der Waals surface area contributed by atoms with E-state index in [1.165, 1.54) is 32.0 Å². The Morgan fingerprint density at radius 1 is 1.00 bits per heavy atom. The maximum Gasteiger partial charge on any atom is 0.263 e. The molecule has 9 nitrogen and oxygen atoms in total. The van der Waals surface area contributed by atoms with Crippen LogP contribution in [0.5, 0.6) is 0 Å². The second-order valence-corrected chi connectivity index (χ2v) is 11.1. The Balaban J connectivity index is 1.79. The van der Waals surface area contributed by atoms with Crippen molar-refractivity contribution in [2.24, 2.45) is 0 Å². The predicted octanol–water partition coefficient (Wildman–Crippen LogP) is 5.25. The molecule has 0 amide bonds. The number of pyridine rings is 1. The van der Waals surface area contributed by atoms with E-state index < -0.39 is 21.4 Å². The van der Waals surface area contributed by atoms with Crippen LogP contribution in [0.2, 0.25) is 10.0 Å². The molecule has 0 spiro atoms. The lowest BCUT2D eigenvalue weighted by Crippen LogP contribution is -2.19. The molecule has 0 aliphatic carbocycles. The number of aliphatic hydroxyl groups is 1. The third kappa shape index (κ3) is 5.54. The van der Waals surface area contributed by atoms with Gasteiger partial charge in [0.2, 0.25) is 5.95 Å². The average molecular weight is 565 g/mol. The third-order valence-corrected chi connectivity index (χ3v) is 7.59. The minimum absolute atomic E-state index is 0.0558. The number of sulfonamides is 1. The molecule has 13 heteroatoms. The lowest BCUT2D eigenvalue weighted by molar-refractivity contribution is 0.0785. The number of benzene rings is 2. The number of fused-ring (bicyclic) bond motifs is 1. The Bertz CT molecular complexity index is 1630. The monoisotopic (exact) mass is 564 g/mol. The summed E-state index contributed by atoms with van der Waals surface area (Å²) in [6, 6.07) is 8.02. The van der Waals surface area contributed by atoms with Crippen LogP contribution in [-0.4, -0.2) is 42.6 Å². The SMILES string of the molecule is CNc1ncc2cc(-c3cc(F)cc(NS(=O)(=O)c4cc(Cl)cc(C(C)(C)O)c4Cl)c3)c(NC)nc2n1. The van der Waals surface area contributed by atoms with E-state index in [2.05, 4.69) is 30.3 Å². The molecule has 0 saturated carbocycles. The average Bonchev–Trinajstić information content (AvgIpc) is 2.82. The lowest BCUT2D eigenvalue weighted by atomic mass is 9.98. The van der Waals surface area contributed by atoms with Crippen LogP contribution in [0.15, 0.2) is 47.5 Å². The van der Waals surface area contributed by atoms with Crippen molar-refractivity contribution in [1.29, 1.82) is 0 Å². The molecular formula is C24H23Cl2FN6O3S. The van der Waals surface area contributed by atoms with Gasteiger partial charge in [0.05, 0.1) is 16.3 Å². The maximum atomic E-state index is 14.7. The fourth-order valence-electron chi connectivity index (χ4n) is 3.71. The first kappa shape index (κ1) is 26.8. The van der Waals surface area contributed by atoms with Crippen LogP contribution in [0, 0.1) is 5.82 Å². The van der Waals surface area contributed by atoms with Crippen LogP contribution in [0.4, 0.5) is 21.8 Å². The van der Waals surface area contributed by atoms with Gasteiger partial charge in [-0.15, -0.1) is 0 Å². The van der Waals surface area contributed by atoms with Gasteiger partial charge in [0, 0.05) is 41.8 Å². The minimum Gasteiger partial charge on any atom is -0.386 e. The number of anilines is 3. The molecule has 4 rings (SSSR count). The number of nitrogens with zero attached hydrogens (tertiary/aromatic N) is 3. The summed E-state index contributed by atoms with van der Waals surface area (Å²) in [4.78, 5) is 12.6. The van der Waals surface area contributed by atoms with Gasteiger partial charge >= 0.3 is 0 Å². The number of hydrogen-bond acceptors (Lipinski definition) is 8. The summed E-state index contributed by atoms with van der Waals surface area (Å²) < 4.78 is 43.6. The highest BCUT2D eigenvalue weighted by atomic mass is 35.5. The Kier molecular flexibility index (Phi) is 7.17. The van der Waals surface area contributed by atoms with Gasteiger partial charge in [-0.1, -0.05) is 23.2 Å². The van der Waals surface area contributed by atoms with Gasteiger partial charge < -0.3 is 15.7 Å². The molecule has 0 radical (unpaired) electrons. The maximum absolute atomic E-state index is 14.7. The van der Waals surface area contributed by atoms with Gasteiger partial charge in [0.1, 0.15) is 16.5 Å². The van der Waals surface area contributed by atoms with E-state index in [1.807, 2.05) is 0 Å². The molecule has 4 aromatic rings. The predicted molar refractivity (Wildman–Crippen MR) is 144 cm³/mol. The van der Waals surface area contributed by atoms with Gasteiger partial charge in [0.25, 0.3) is 10.0 Å². The zero-order chi connectivity index (χ0) is 27.1. The molecule has 0 saturated heterocycles. The number of hydrogen-bond donors (Lipinski definition) is 4. The van der Waals surface area contributed by atoms with Gasteiger partial charge in [-0.3, -0.25) is 4.72 Å². The first-order valence-corrected chi connectivity index (χ1v) is 13.2. The molecule has 0 aliphatic heterocycles. The Morgan fingerprint density at radius 2 is 1.73 bits per heavy atom. The molecule has 4 N–H and O–H groups in total. The van der Waals surface area contributed by atoms with Crippen molar-refractivity contribution < 1.29 is 17.9 Å². The van der Waals surface area contributed by atoms with Gasteiger partial charge in [-0.05, 0) is 55.8 Å². The van der Waals surface area contributed by atoms with Crippen molar-refractivity contribution in [2.45, 2.75) is 24.3 Å². The molecule has 0 atom stereocenters. The van der Waals surface area contributed by atoms with Gasteiger partial charge in [-0.25, -0.2) is 22.8 Å². The van der Waals surface area contributed by atoms with E-state index in [-0.39, 0.29) is 26.2 Å². The normalized spacial score (nSPS) is 12.0. The summed E-state index contributed by atoms with van der Waals surface area (Å²) in [5.41, 5.74) is -0.110. The number of rotatable bonds is 7. The summed E-state index contributed by atoms with van der Waals surface area (Å²) in [5, 5.41) is 16.7. The van der Waals surface area contributed by atoms with E-state index in [0.717, 1.165) is 12.1 Å². The van der Waals surface area contributed by atoms with Crippen LogP contribution in [0.3, 0.4) is 0 Å². The van der Waals surface area contributed by atoms with Crippen LogP contribution in [0.1, 0.15) is 19.4 Å². The van der Waals surface area contributed by atoms with Crippen molar-refractivity contribution in [3.63, 3.8) is 0 Å². The van der Waals surface area contributed by atoms with Crippen molar-refractivity contribution in [1.82, 2.24) is 15.0 Å². The summed E-state index contributed by atoms with van der Waals surface area (Å²) in [6.07, 6.45) is 1.58. The second-order valence-electron chi connectivity index (χ2n) is 8.65. The Hall–Kier alpha value is -3.25. The van der Waals surface area contributed by atoms with Crippen molar-refractivity contribution in [2.75, 3.05) is 29.5 Å². The third-order valence-electron chi connectivity index (χ3n) is 5.44. The first-order valence-electron chi connectivity index (χ1n) is 10.9. The Morgan fingerprint density at radius 3 is 2.38 bits per heavy atom. The van der Waals surface area contributed by atoms with Crippen molar-refractivity contribution >= 4 is 61.7 Å². The molecule has 0 fully saturated rings. The van der Waals surface area contributed by atoms with Crippen LogP contribution < -0.4 is 15.4 Å². The Labute approximate surface area is 223 Å². The smallest absolute Gasteiger partial charge is 0.263 e. The number of nitrogens with one attached hydrogen (secondary N) is 3. The van der Waals surface area contributed by atoms with Crippen LogP contribution in [-0.2, 0) is 15.6 Å². The fraction of sp³-hybridized carbons (Fsp3) is 0.208. The number of aromatic nitrogens is 3. The van der Waals surface area contributed by atoms with Crippen LogP contribution >= 0.6 is 23.2 Å². The topological polar surface area (TPSA) is 129 Å². The summed E-state index contributed by atoms with van der Waals surface area (Å²) >= 11 is 12.5. The highest BCUT2D eigenvalue weighted by molar-refractivity contribution is 7.92. The highest BCUT2D eigenvalue weighted by Gasteiger charge is 2.28. The number of halogens is 3. The molecule has 0 aliphatic rings. The summed E-state index contributed by atoms with van der Waals surface area (Å²) in [7, 11) is -0.984. The van der Waals surface area contributed by atoms with E-state index in [4.69, 9.17) is 23.2 Å². The van der Waals surface area contributed by atoms with Gasteiger partial charge in [-0.2, -0.15) is 4.98 Å². The van der Waals surface area contributed by atoms with Crippen molar-refractivity contribution in [3.05, 3.63) is 64.0 Å². The minimum atomic E-state index is -4.33. The fourth-order valence-corrected chi connectivity index (χ4v) is 5.81. The second kappa shape index (κ2) is 9.90. The molecule has 37 heavy (non-hydrogen) atoms. The van der Waals surface area contributed by atoms with E-state index in [0.29, 0.717) is 33.9 Å². The molecular weight excluding hydrogens is 542 g/mol. The standard InChI is InChI=1S/C24H23Cl2FN6O3S/c1-24(2,34)18-8-14(25)9-19(20(18)26)37(35,36)33-16-6-12(5-15(27)10-16)17-7-13-11-30-23(29-4)32-21(13)31-22(17)28-3/h5-11,33-34H,1-4H3,(H2,28,29,30,31,32). The largest absolute Gasteiger partial charge is 0.386 e. The molecule has 2 aromatic carbocycles. The highest BCUT2D eigenvalue weighted by Crippen LogP contribution is 2.37. The van der Waals surface area contributed by atoms with Crippen LogP contribution in [0.25, 0.3) is 22.2 Å². The van der Waals surface area contributed by atoms with E-state index in [1.54, 1.807) is 26.4 Å². The zero-order valence-electron chi connectivity index (χ0n) is 20.2. The summed E-state index contributed by atoms with van der Waals surface area (Å²) in [6.45, 7) is 2.91. The van der Waals surface area contributed by atoms with E-state index >= 15 is 0 Å². The molecule has 194 valence electrons. The van der Waals surface area contributed by atoms with E-state index in [9.17, 15) is 17.9 Å². The molecule has 2 aromatic heterocycles. The molecule has 0 bridgehead atoms. The zero-order valence-corrected chi connectivity index (χ0v) is 22.5. The first-order chi connectivity index (χ1) is 17.3. The molecule has 2 heterocycles.